The van der Waals surface area contributed by atoms with Gasteiger partial charge in [-0.3, -0.25) is 0 Å². The fourth-order valence-electron chi connectivity index (χ4n) is 0. The Morgan fingerprint density at radius 3 is 1.50 bits per heavy atom. The summed E-state index contributed by atoms with van der Waals surface area (Å²) < 4.78 is 9.22. The Hall–Kier alpha value is 0.0300. The van der Waals surface area contributed by atoms with Gasteiger partial charge in [-0.05, 0) is 7.60 Å². The maximum atomic E-state index is 9.22. The first kappa shape index (κ1) is 15.7. The molecule has 0 amide bonds. The largest absolute Gasteiger partial charge is 0.809 e. The van der Waals surface area contributed by atoms with E-state index in [1.807, 2.05) is 0 Å². The lowest BCUT2D eigenvalue weighted by atomic mass is 11.7. The Morgan fingerprint density at radius 2 is 1.50 bits per heavy atom. The van der Waals surface area contributed by atoms with Gasteiger partial charge in [0.1, 0.15) is 0 Å². The standard InChI is InChI=1S/CH5O4P.2H3N/c2-1-6(3,4)5;;/h2H,1H2,(H2,3,4,5);2*1H3. The van der Waals surface area contributed by atoms with Crippen LogP contribution < -0.4 is 22.1 Å². The van der Waals surface area contributed by atoms with Crippen LogP contribution in [0.3, 0.4) is 0 Å². The fraction of sp³-hybridized carbons (Fsp3) is 1.00. The van der Waals surface area contributed by atoms with Crippen molar-refractivity contribution in [2.24, 2.45) is 0 Å². The topological polar surface area (TPSA) is 156 Å². The van der Waals surface area contributed by atoms with Crippen molar-refractivity contribution in [1.82, 2.24) is 12.3 Å². The molecule has 0 bridgehead atoms. The first-order valence-electron chi connectivity index (χ1n) is 1.18. The van der Waals surface area contributed by atoms with E-state index in [-0.39, 0.29) is 12.3 Å². The zero-order valence-electron chi connectivity index (χ0n) is 4.83. The third-order valence-corrected chi connectivity index (χ3v) is 0.520. The third kappa shape index (κ3) is 16.6. The Morgan fingerprint density at radius 1 is 1.38 bits per heavy atom. The van der Waals surface area contributed by atoms with Crippen LogP contribution in [-0.2, 0) is 4.57 Å². The molecule has 0 saturated carbocycles. The lowest BCUT2D eigenvalue weighted by molar-refractivity contribution is -0.317. The van der Waals surface area contributed by atoms with Gasteiger partial charge < -0.3 is 31.8 Å². The summed E-state index contributed by atoms with van der Waals surface area (Å²) in [5.74, 6) is 0. The van der Waals surface area contributed by atoms with Gasteiger partial charge in [-0.15, -0.1) is 0 Å². The van der Waals surface area contributed by atoms with Crippen molar-refractivity contribution in [1.29, 1.82) is 0 Å². The first-order chi connectivity index (χ1) is 2.56. The molecule has 0 heterocycles. The summed E-state index contributed by atoms with van der Waals surface area (Å²) in [5.41, 5.74) is 0. The van der Waals surface area contributed by atoms with Gasteiger partial charge in [0.15, 0.2) is 0 Å². The summed E-state index contributed by atoms with van der Waals surface area (Å²) in [6, 6.07) is 0. The normalized spacial score (nSPS) is 8.88. The van der Waals surface area contributed by atoms with Crippen LogP contribution in [0.1, 0.15) is 0 Å². The predicted molar refractivity (Wildman–Crippen MR) is 26.7 cm³/mol. The summed E-state index contributed by atoms with van der Waals surface area (Å²) in [6.07, 6.45) is -1.28. The molecular formula is CH11N2O4P. The predicted octanol–water partition coefficient (Wildman–Crippen LogP) is -1.40. The van der Waals surface area contributed by atoms with Gasteiger partial charge in [-0.25, -0.2) is 0 Å². The summed E-state index contributed by atoms with van der Waals surface area (Å²) in [4.78, 5) is 18.4. The molecule has 0 aromatic carbocycles. The Bertz CT molecular complexity index is 78.1. The van der Waals surface area contributed by atoms with Gasteiger partial charge in [0.2, 0.25) is 0 Å². The molecule has 54 valence electrons. The van der Waals surface area contributed by atoms with E-state index in [1.165, 1.54) is 0 Å². The highest BCUT2D eigenvalue weighted by Gasteiger charge is 1.78. The summed E-state index contributed by atoms with van der Waals surface area (Å²) in [5, 5.41) is 7.51. The van der Waals surface area contributed by atoms with Crippen molar-refractivity contribution in [3.8, 4) is 0 Å². The van der Waals surface area contributed by atoms with E-state index in [4.69, 9.17) is 5.11 Å². The Balaban J connectivity index is -0.000000125. The number of hydrogen-bond donors (Lipinski definition) is 3. The minimum absolute atomic E-state index is 0. The van der Waals surface area contributed by atoms with Crippen molar-refractivity contribution >= 4 is 7.60 Å². The molecule has 0 atom stereocenters. The van der Waals surface area contributed by atoms with Gasteiger partial charge in [-0.2, -0.15) is 0 Å². The summed E-state index contributed by atoms with van der Waals surface area (Å²) >= 11 is 0. The van der Waals surface area contributed by atoms with Gasteiger partial charge in [0.25, 0.3) is 0 Å². The molecule has 0 aliphatic rings. The second kappa shape index (κ2) is 5.17. The Kier molecular flexibility index (Phi) is 10.1. The van der Waals surface area contributed by atoms with Crippen LogP contribution in [0.2, 0.25) is 0 Å². The molecule has 0 aliphatic heterocycles. The van der Waals surface area contributed by atoms with Crippen molar-refractivity contribution in [3.05, 3.63) is 0 Å². The lowest BCUT2D eigenvalue weighted by Gasteiger charge is -2.25. The quantitative estimate of drug-likeness (QED) is 0.388. The van der Waals surface area contributed by atoms with Gasteiger partial charge in [0.05, 0.1) is 6.35 Å². The molecule has 0 saturated heterocycles. The molecule has 6 nitrogen and oxygen atoms in total. The zero-order valence-corrected chi connectivity index (χ0v) is 5.72. The average Bonchev–Trinajstić information content (AvgIpc) is 1.35. The number of aliphatic hydroxyl groups excluding tert-OH is 1. The monoisotopic (exact) mass is 146 g/mol. The minimum atomic E-state index is -4.59. The van der Waals surface area contributed by atoms with E-state index < -0.39 is 13.9 Å². The molecule has 0 rings (SSSR count). The molecule has 0 spiro atoms. The SMILES string of the molecule is O=P([O-])([O-])CO.[NH4+].[NH4+]. The molecular weight excluding hydrogens is 135 g/mol. The van der Waals surface area contributed by atoms with Crippen LogP contribution in [0.5, 0.6) is 0 Å². The zero-order chi connectivity index (χ0) is 5.21. The highest BCUT2D eigenvalue weighted by atomic mass is 31.2. The molecule has 0 radical (unpaired) electrons. The van der Waals surface area contributed by atoms with Crippen LogP contribution >= 0.6 is 7.60 Å². The summed E-state index contributed by atoms with van der Waals surface area (Å²) in [7, 11) is -4.59. The molecule has 0 aromatic rings. The van der Waals surface area contributed by atoms with Crippen molar-refractivity contribution < 1.29 is 19.5 Å². The first-order valence-corrected chi connectivity index (χ1v) is 2.91. The molecule has 0 aliphatic carbocycles. The maximum absolute atomic E-state index is 9.22. The molecule has 9 N–H and O–H groups in total. The van der Waals surface area contributed by atoms with Crippen LogP contribution in [-0.4, -0.2) is 11.5 Å². The van der Waals surface area contributed by atoms with Crippen LogP contribution in [0, 0.1) is 0 Å². The van der Waals surface area contributed by atoms with Crippen LogP contribution in [0.25, 0.3) is 0 Å². The molecule has 7 heteroatoms. The van der Waals surface area contributed by atoms with Gasteiger partial charge >= 0.3 is 0 Å². The smallest absolute Gasteiger partial charge is 0.0702 e. The number of quaternary nitrogens is 2. The number of hydrogen-bond acceptors (Lipinski definition) is 4. The second-order valence-electron chi connectivity index (χ2n) is 0.752. The lowest BCUT2D eigenvalue weighted by Crippen LogP contribution is -2.16. The highest BCUT2D eigenvalue weighted by Crippen LogP contribution is 2.18. The van der Waals surface area contributed by atoms with E-state index in [0.717, 1.165) is 0 Å². The number of aliphatic hydroxyl groups is 1. The second-order valence-corrected chi connectivity index (χ2v) is 2.26. The highest BCUT2D eigenvalue weighted by molar-refractivity contribution is 7.48. The third-order valence-electron chi connectivity index (χ3n) is 0.173. The van der Waals surface area contributed by atoms with Crippen molar-refractivity contribution in [2.45, 2.75) is 0 Å². The molecule has 0 fully saturated rings. The van der Waals surface area contributed by atoms with Gasteiger partial charge in [0, 0.05) is 0 Å². The maximum Gasteiger partial charge on any atom is 0.0702 e. The van der Waals surface area contributed by atoms with Crippen molar-refractivity contribution in [2.75, 3.05) is 6.35 Å². The number of rotatable bonds is 1. The van der Waals surface area contributed by atoms with E-state index in [9.17, 15) is 14.4 Å². The molecule has 8 heavy (non-hydrogen) atoms. The molecule has 0 aromatic heterocycles. The van der Waals surface area contributed by atoms with Crippen molar-refractivity contribution in [3.63, 3.8) is 0 Å². The van der Waals surface area contributed by atoms with E-state index in [0.29, 0.717) is 0 Å². The Labute approximate surface area is 46.9 Å². The van der Waals surface area contributed by atoms with E-state index in [1.54, 1.807) is 0 Å². The average molecular weight is 146 g/mol. The van der Waals surface area contributed by atoms with E-state index >= 15 is 0 Å². The minimum Gasteiger partial charge on any atom is -0.809 e. The van der Waals surface area contributed by atoms with E-state index in [2.05, 4.69) is 0 Å². The summed E-state index contributed by atoms with van der Waals surface area (Å²) in [6.45, 7) is 0. The van der Waals surface area contributed by atoms with Gasteiger partial charge in [-0.1, -0.05) is 0 Å². The molecule has 0 unspecified atom stereocenters. The van der Waals surface area contributed by atoms with Crippen LogP contribution in [0.15, 0.2) is 0 Å². The fourth-order valence-corrected chi connectivity index (χ4v) is 0. The van der Waals surface area contributed by atoms with Crippen LogP contribution in [0.4, 0.5) is 0 Å².